The monoisotopic (exact) mass is 243 g/mol. The maximum Gasteiger partial charge on any atom is 0.248 e. The van der Waals surface area contributed by atoms with Crippen LogP contribution in [0.15, 0.2) is 42.5 Å². The fraction of sp³-hybridized carbons (Fsp3) is 0.0769. The number of carbonyl (C=O) groups is 1. The molecule has 5 heteroatoms. The van der Waals surface area contributed by atoms with Gasteiger partial charge in [-0.3, -0.25) is 4.79 Å². The van der Waals surface area contributed by atoms with Gasteiger partial charge in [0.1, 0.15) is 11.6 Å². The van der Waals surface area contributed by atoms with E-state index in [0.29, 0.717) is 17.2 Å². The van der Waals surface area contributed by atoms with Gasteiger partial charge < -0.3 is 15.8 Å². The Morgan fingerprint density at radius 1 is 1.22 bits per heavy atom. The quantitative estimate of drug-likeness (QED) is 0.861. The number of hydrogen-bond acceptors (Lipinski definition) is 4. The second-order valence-electron chi connectivity index (χ2n) is 3.60. The highest BCUT2D eigenvalue weighted by molar-refractivity contribution is 5.92. The Labute approximate surface area is 105 Å². The van der Waals surface area contributed by atoms with Gasteiger partial charge in [0.15, 0.2) is 0 Å². The summed E-state index contributed by atoms with van der Waals surface area (Å²) in [6, 6.07) is 12.0. The number of primary amides is 1. The van der Waals surface area contributed by atoms with Crippen LogP contribution in [-0.4, -0.2) is 17.9 Å². The number of aromatic nitrogens is 1. The Morgan fingerprint density at radius 2 is 1.94 bits per heavy atom. The van der Waals surface area contributed by atoms with Crippen LogP contribution in [0.3, 0.4) is 0 Å². The first-order chi connectivity index (χ1) is 8.69. The van der Waals surface area contributed by atoms with Crippen molar-refractivity contribution in [1.82, 2.24) is 4.98 Å². The highest BCUT2D eigenvalue weighted by Crippen LogP contribution is 2.20. The maximum atomic E-state index is 10.9. The highest BCUT2D eigenvalue weighted by Gasteiger charge is 2.02. The fourth-order valence-corrected chi connectivity index (χ4v) is 1.42. The summed E-state index contributed by atoms with van der Waals surface area (Å²) in [5, 5.41) is 2.92. The third-order valence-electron chi connectivity index (χ3n) is 2.34. The standard InChI is InChI=1S/C13H13N3O2/c1-15-11-3-2-4-12(16-11)18-10-7-5-9(6-8-10)13(14)17/h2-8H,1H3,(H2,14,17)(H,15,16). The fourth-order valence-electron chi connectivity index (χ4n) is 1.42. The zero-order valence-electron chi connectivity index (χ0n) is 9.88. The average molecular weight is 243 g/mol. The van der Waals surface area contributed by atoms with E-state index in [0.717, 1.165) is 5.82 Å². The van der Waals surface area contributed by atoms with Crippen molar-refractivity contribution < 1.29 is 9.53 Å². The summed E-state index contributed by atoms with van der Waals surface area (Å²) in [7, 11) is 1.79. The van der Waals surface area contributed by atoms with Crippen molar-refractivity contribution in [2.75, 3.05) is 12.4 Å². The van der Waals surface area contributed by atoms with E-state index in [1.165, 1.54) is 0 Å². The smallest absolute Gasteiger partial charge is 0.248 e. The summed E-state index contributed by atoms with van der Waals surface area (Å²) < 4.78 is 5.55. The van der Waals surface area contributed by atoms with E-state index >= 15 is 0 Å². The molecule has 2 rings (SSSR count). The molecule has 1 aromatic carbocycles. The van der Waals surface area contributed by atoms with Crippen LogP contribution in [-0.2, 0) is 0 Å². The predicted molar refractivity (Wildman–Crippen MR) is 68.8 cm³/mol. The van der Waals surface area contributed by atoms with Gasteiger partial charge in [0.25, 0.3) is 0 Å². The van der Waals surface area contributed by atoms with Crippen LogP contribution >= 0.6 is 0 Å². The number of rotatable bonds is 4. The number of amides is 1. The third kappa shape index (κ3) is 2.76. The number of benzene rings is 1. The van der Waals surface area contributed by atoms with Gasteiger partial charge in [-0.25, -0.2) is 0 Å². The van der Waals surface area contributed by atoms with Gasteiger partial charge in [-0.15, -0.1) is 0 Å². The van der Waals surface area contributed by atoms with Crippen LogP contribution in [0.1, 0.15) is 10.4 Å². The third-order valence-corrected chi connectivity index (χ3v) is 2.34. The summed E-state index contributed by atoms with van der Waals surface area (Å²) in [6.07, 6.45) is 0. The summed E-state index contributed by atoms with van der Waals surface area (Å²) in [5.74, 6) is 1.34. The van der Waals surface area contributed by atoms with E-state index in [1.807, 2.05) is 12.1 Å². The van der Waals surface area contributed by atoms with E-state index in [1.54, 1.807) is 37.4 Å². The minimum Gasteiger partial charge on any atom is -0.439 e. The minimum atomic E-state index is -0.461. The predicted octanol–water partition coefficient (Wildman–Crippen LogP) is 2.01. The van der Waals surface area contributed by atoms with Crippen molar-refractivity contribution in [2.24, 2.45) is 5.73 Å². The molecule has 0 saturated carbocycles. The zero-order valence-corrected chi connectivity index (χ0v) is 9.88. The molecule has 0 aliphatic heterocycles. The van der Waals surface area contributed by atoms with Crippen LogP contribution < -0.4 is 15.8 Å². The highest BCUT2D eigenvalue weighted by atomic mass is 16.5. The molecule has 18 heavy (non-hydrogen) atoms. The lowest BCUT2D eigenvalue weighted by atomic mass is 10.2. The van der Waals surface area contributed by atoms with Crippen molar-refractivity contribution in [3.8, 4) is 11.6 Å². The molecule has 0 aliphatic rings. The molecule has 0 atom stereocenters. The molecule has 5 nitrogen and oxygen atoms in total. The Kier molecular flexibility index (Phi) is 3.43. The first-order valence-corrected chi connectivity index (χ1v) is 5.41. The van der Waals surface area contributed by atoms with E-state index in [4.69, 9.17) is 10.5 Å². The first kappa shape index (κ1) is 11.9. The molecule has 1 heterocycles. The van der Waals surface area contributed by atoms with Crippen LogP contribution in [0, 0.1) is 0 Å². The van der Waals surface area contributed by atoms with E-state index < -0.39 is 5.91 Å². The normalized spacial score (nSPS) is 9.83. The van der Waals surface area contributed by atoms with Gasteiger partial charge in [-0.1, -0.05) is 6.07 Å². The van der Waals surface area contributed by atoms with Gasteiger partial charge in [-0.05, 0) is 30.3 Å². The molecule has 0 saturated heterocycles. The molecule has 2 aromatic rings. The number of anilines is 1. The van der Waals surface area contributed by atoms with Gasteiger partial charge in [0.2, 0.25) is 11.8 Å². The van der Waals surface area contributed by atoms with Crippen LogP contribution in [0.25, 0.3) is 0 Å². The van der Waals surface area contributed by atoms with Crippen molar-refractivity contribution in [3.63, 3.8) is 0 Å². The lowest BCUT2D eigenvalue weighted by Gasteiger charge is -2.06. The topological polar surface area (TPSA) is 77.2 Å². The Bertz CT molecular complexity index is 552. The molecular formula is C13H13N3O2. The second-order valence-corrected chi connectivity index (χ2v) is 3.60. The van der Waals surface area contributed by atoms with Crippen LogP contribution in [0.5, 0.6) is 11.6 Å². The molecule has 1 amide bonds. The molecule has 0 radical (unpaired) electrons. The maximum absolute atomic E-state index is 10.9. The Balaban J connectivity index is 2.15. The summed E-state index contributed by atoms with van der Waals surface area (Å²) in [5.41, 5.74) is 5.60. The molecular weight excluding hydrogens is 230 g/mol. The SMILES string of the molecule is CNc1cccc(Oc2ccc(C(N)=O)cc2)n1. The molecule has 92 valence electrons. The van der Waals surface area contributed by atoms with Gasteiger partial charge in [0.05, 0.1) is 0 Å². The number of nitrogens with two attached hydrogens (primary N) is 1. The van der Waals surface area contributed by atoms with E-state index in [9.17, 15) is 4.79 Å². The number of pyridine rings is 1. The molecule has 0 fully saturated rings. The molecule has 3 N–H and O–H groups in total. The summed E-state index contributed by atoms with van der Waals surface area (Å²) in [6.45, 7) is 0. The van der Waals surface area contributed by atoms with E-state index in [-0.39, 0.29) is 0 Å². The van der Waals surface area contributed by atoms with Crippen LogP contribution in [0.4, 0.5) is 5.82 Å². The second kappa shape index (κ2) is 5.18. The lowest BCUT2D eigenvalue weighted by molar-refractivity contribution is 0.100. The number of hydrogen-bond donors (Lipinski definition) is 2. The lowest BCUT2D eigenvalue weighted by Crippen LogP contribution is -2.10. The minimum absolute atomic E-state index is 0.444. The first-order valence-electron chi connectivity index (χ1n) is 5.41. The molecule has 0 spiro atoms. The Hall–Kier alpha value is -2.56. The molecule has 0 bridgehead atoms. The average Bonchev–Trinajstić information content (AvgIpc) is 2.39. The van der Waals surface area contributed by atoms with E-state index in [2.05, 4.69) is 10.3 Å². The van der Waals surface area contributed by atoms with Crippen molar-refractivity contribution in [2.45, 2.75) is 0 Å². The Morgan fingerprint density at radius 3 is 2.56 bits per heavy atom. The number of carbonyl (C=O) groups excluding carboxylic acids is 1. The largest absolute Gasteiger partial charge is 0.439 e. The summed E-state index contributed by atoms with van der Waals surface area (Å²) >= 11 is 0. The molecule has 0 unspecified atom stereocenters. The molecule has 1 aromatic heterocycles. The molecule has 0 aliphatic carbocycles. The number of nitrogens with one attached hydrogen (secondary N) is 1. The van der Waals surface area contributed by atoms with Gasteiger partial charge in [-0.2, -0.15) is 4.98 Å². The van der Waals surface area contributed by atoms with Gasteiger partial charge >= 0.3 is 0 Å². The number of ether oxygens (including phenoxy) is 1. The zero-order chi connectivity index (χ0) is 13.0. The van der Waals surface area contributed by atoms with Crippen molar-refractivity contribution >= 4 is 11.7 Å². The number of nitrogens with zero attached hydrogens (tertiary/aromatic N) is 1. The summed E-state index contributed by atoms with van der Waals surface area (Å²) in [4.78, 5) is 15.1. The van der Waals surface area contributed by atoms with Gasteiger partial charge in [0, 0.05) is 18.7 Å². The van der Waals surface area contributed by atoms with Crippen molar-refractivity contribution in [3.05, 3.63) is 48.0 Å². The van der Waals surface area contributed by atoms with Crippen molar-refractivity contribution in [1.29, 1.82) is 0 Å². The van der Waals surface area contributed by atoms with Crippen LogP contribution in [0.2, 0.25) is 0 Å².